The Hall–Kier alpha value is -3.17. The Balaban J connectivity index is 2.45. The molecule has 0 N–H and O–H groups in total. The molecule has 0 atom stereocenters. The monoisotopic (exact) mass is 407 g/mol. The minimum atomic E-state index is -1.79. The Kier molecular flexibility index (Phi) is 4.97. The zero-order valence-electron chi connectivity index (χ0n) is 13.3. The van der Waals surface area contributed by atoms with Crippen LogP contribution in [0.4, 0.5) is 56.6 Å². The van der Waals surface area contributed by atoms with Crippen LogP contribution in [0.5, 0.6) is 0 Å². The van der Waals surface area contributed by atoms with Crippen molar-refractivity contribution >= 4 is 17.1 Å². The Morgan fingerprint density at radius 2 is 0.536 bits per heavy atom. The van der Waals surface area contributed by atoms with Gasteiger partial charge in [0.1, 0.15) is 34.5 Å². The lowest BCUT2D eigenvalue weighted by atomic mass is 10.1. The number of halogens is 9. The molecule has 0 spiro atoms. The number of nitrogens with zero attached hydrogens (tertiary/aromatic N) is 1. The first-order valence-corrected chi connectivity index (χ1v) is 7.34. The normalized spacial score (nSPS) is 11.0. The summed E-state index contributed by atoms with van der Waals surface area (Å²) in [7, 11) is 0. The zero-order valence-corrected chi connectivity index (χ0v) is 13.3. The van der Waals surface area contributed by atoms with Gasteiger partial charge in [0.15, 0.2) is 34.9 Å². The maximum atomic E-state index is 14.3. The molecule has 0 aliphatic rings. The molecular weight excluding hydrogens is 401 g/mol. The van der Waals surface area contributed by atoms with Crippen molar-refractivity contribution < 1.29 is 39.5 Å². The minimum Gasteiger partial charge on any atom is -0.295 e. The summed E-state index contributed by atoms with van der Waals surface area (Å²) in [5.74, 6) is -15.0. The van der Waals surface area contributed by atoms with Crippen LogP contribution in [0.2, 0.25) is 0 Å². The van der Waals surface area contributed by atoms with Crippen LogP contribution >= 0.6 is 0 Å². The average Bonchev–Trinajstić information content (AvgIpc) is 2.51. The molecule has 0 heterocycles. The van der Waals surface area contributed by atoms with Gasteiger partial charge in [0.05, 0.1) is 0 Å². The van der Waals surface area contributed by atoms with Crippen molar-refractivity contribution in [2.24, 2.45) is 0 Å². The smallest absolute Gasteiger partial charge is 0.153 e. The second kappa shape index (κ2) is 7.10. The predicted octanol–water partition coefficient (Wildman–Crippen LogP) is 6.41. The van der Waals surface area contributed by atoms with Gasteiger partial charge >= 0.3 is 0 Å². The largest absolute Gasteiger partial charge is 0.295 e. The number of benzene rings is 3. The van der Waals surface area contributed by atoms with Crippen LogP contribution < -0.4 is 4.90 Å². The van der Waals surface area contributed by atoms with E-state index in [0.29, 0.717) is 0 Å². The van der Waals surface area contributed by atoms with Gasteiger partial charge in [-0.15, -0.1) is 0 Å². The highest BCUT2D eigenvalue weighted by molar-refractivity contribution is 5.78. The van der Waals surface area contributed by atoms with Gasteiger partial charge in [0.25, 0.3) is 0 Å². The summed E-state index contributed by atoms with van der Waals surface area (Å²) in [6, 6.07) is 0.524. The van der Waals surface area contributed by atoms with E-state index >= 15 is 0 Å². The van der Waals surface area contributed by atoms with Gasteiger partial charge in [-0.3, -0.25) is 4.90 Å². The van der Waals surface area contributed by atoms with Crippen LogP contribution in [0.25, 0.3) is 0 Å². The first-order valence-electron chi connectivity index (χ1n) is 7.34. The van der Waals surface area contributed by atoms with E-state index in [2.05, 4.69) is 0 Å². The standard InChI is InChI=1S/C18H6F9N/c19-7-1-10(22)16(11(23)2-7)28(17-12(24)3-8(20)4-13(17)25)18-14(26)5-9(21)6-15(18)27/h1-6H. The molecule has 0 saturated carbocycles. The van der Waals surface area contributed by atoms with Crippen LogP contribution in [0.1, 0.15) is 0 Å². The Morgan fingerprint density at radius 3 is 0.714 bits per heavy atom. The summed E-state index contributed by atoms with van der Waals surface area (Å²) in [6.45, 7) is 0. The Morgan fingerprint density at radius 1 is 0.357 bits per heavy atom. The number of hydrogen-bond acceptors (Lipinski definition) is 1. The fourth-order valence-electron chi connectivity index (χ4n) is 2.58. The molecule has 0 unspecified atom stereocenters. The summed E-state index contributed by atoms with van der Waals surface area (Å²) in [6.07, 6.45) is 0. The summed E-state index contributed by atoms with van der Waals surface area (Å²) in [4.78, 5) is -0.238. The number of rotatable bonds is 3. The van der Waals surface area contributed by atoms with Crippen molar-refractivity contribution in [3.05, 3.63) is 88.8 Å². The van der Waals surface area contributed by atoms with Gasteiger partial charge in [-0.2, -0.15) is 0 Å². The third kappa shape index (κ3) is 3.37. The van der Waals surface area contributed by atoms with Gasteiger partial charge < -0.3 is 0 Å². The summed E-state index contributed by atoms with van der Waals surface area (Å²) >= 11 is 0. The van der Waals surface area contributed by atoms with E-state index in [-0.39, 0.29) is 41.3 Å². The van der Waals surface area contributed by atoms with E-state index in [0.717, 1.165) is 0 Å². The lowest BCUT2D eigenvalue weighted by Gasteiger charge is -2.27. The van der Waals surface area contributed by atoms with Crippen LogP contribution in [-0.2, 0) is 0 Å². The molecule has 10 heteroatoms. The maximum absolute atomic E-state index is 14.3. The molecule has 3 aromatic carbocycles. The highest BCUT2D eigenvalue weighted by Crippen LogP contribution is 2.43. The van der Waals surface area contributed by atoms with Crippen molar-refractivity contribution in [3.63, 3.8) is 0 Å². The molecule has 0 aromatic heterocycles. The van der Waals surface area contributed by atoms with Crippen LogP contribution in [-0.4, -0.2) is 0 Å². The lowest BCUT2D eigenvalue weighted by molar-refractivity contribution is 0.525. The quantitative estimate of drug-likeness (QED) is 0.454. The van der Waals surface area contributed by atoms with Gasteiger partial charge in [0, 0.05) is 36.4 Å². The molecule has 0 saturated heterocycles. The van der Waals surface area contributed by atoms with Gasteiger partial charge in [-0.1, -0.05) is 0 Å². The number of hydrogen-bond donors (Lipinski definition) is 0. The van der Waals surface area contributed by atoms with E-state index in [4.69, 9.17) is 0 Å². The molecule has 0 aliphatic heterocycles. The second-order valence-electron chi connectivity index (χ2n) is 5.49. The van der Waals surface area contributed by atoms with Crippen molar-refractivity contribution in [3.8, 4) is 0 Å². The van der Waals surface area contributed by atoms with Crippen LogP contribution in [0, 0.1) is 52.4 Å². The predicted molar refractivity (Wildman–Crippen MR) is 80.7 cm³/mol. The molecule has 1 nitrogen and oxygen atoms in total. The number of anilines is 3. The Bertz CT molecular complexity index is 875. The summed E-state index contributed by atoms with van der Waals surface area (Å²) < 4.78 is 125. The second-order valence-corrected chi connectivity index (χ2v) is 5.49. The van der Waals surface area contributed by atoms with E-state index in [1.165, 1.54) is 0 Å². The summed E-state index contributed by atoms with van der Waals surface area (Å²) in [5.41, 5.74) is -4.43. The van der Waals surface area contributed by atoms with Crippen LogP contribution in [0.3, 0.4) is 0 Å². The molecule has 0 amide bonds. The first-order chi connectivity index (χ1) is 13.1. The molecule has 0 bridgehead atoms. The molecule has 0 radical (unpaired) electrons. The molecule has 146 valence electrons. The fraction of sp³-hybridized carbons (Fsp3) is 0. The topological polar surface area (TPSA) is 3.24 Å². The SMILES string of the molecule is Fc1cc(F)c(N(c2c(F)cc(F)cc2F)c2c(F)cc(F)cc2F)c(F)c1. The average molecular weight is 407 g/mol. The van der Waals surface area contributed by atoms with E-state index in [1.54, 1.807) is 0 Å². The Labute approximate surface area is 151 Å². The molecule has 28 heavy (non-hydrogen) atoms. The van der Waals surface area contributed by atoms with E-state index < -0.39 is 69.4 Å². The zero-order chi connectivity index (χ0) is 20.7. The first kappa shape index (κ1) is 19.6. The van der Waals surface area contributed by atoms with Gasteiger partial charge in [-0.05, 0) is 0 Å². The molecular formula is C18H6F9N. The molecule has 3 rings (SSSR count). The van der Waals surface area contributed by atoms with Crippen molar-refractivity contribution in [1.29, 1.82) is 0 Å². The molecule has 3 aromatic rings. The fourth-order valence-corrected chi connectivity index (χ4v) is 2.58. The van der Waals surface area contributed by atoms with Gasteiger partial charge in [-0.25, -0.2) is 39.5 Å². The lowest BCUT2D eigenvalue weighted by Crippen LogP contribution is -2.20. The van der Waals surface area contributed by atoms with Crippen molar-refractivity contribution in [2.45, 2.75) is 0 Å². The highest BCUT2D eigenvalue weighted by atomic mass is 19.2. The maximum Gasteiger partial charge on any atom is 0.153 e. The van der Waals surface area contributed by atoms with Crippen molar-refractivity contribution in [1.82, 2.24) is 0 Å². The third-order valence-electron chi connectivity index (χ3n) is 3.62. The highest BCUT2D eigenvalue weighted by Gasteiger charge is 2.31. The minimum absolute atomic E-state index is 0.0874. The molecule has 0 aliphatic carbocycles. The van der Waals surface area contributed by atoms with E-state index in [9.17, 15) is 39.5 Å². The van der Waals surface area contributed by atoms with Gasteiger partial charge in [0.2, 0.25) is 0 Å². The van der Waals surface area contributed by atoms with Crippen LogP contribution in [0.15, 0.2) is 36.4 Å². The summed E-state index contributed by atoms with van der Waals surface area (Å²) in [5, 5.41) is 0. The van der Waals surface area contributed by atoms with E-state index in [1.807, 2.05) is 0 Å². The molecule has 0 fully saturated rings. The third-order valence-corrected chi connectivity index (χ3v) is 3.62. The van der Waals surface area contributed by atoms with Crippen molar-refractivity contribution in [2.75, 3.05) is 4.90 Å².